The Kier molecular flexibility index (Phi) is 8.37. The third kappa shape index (κ3) is 6.83. The normalized spacial score (nSPS) is 18.3. The Morgan fingerprint density at radius 1 is 1.03 bits per heavy atom. The number of hydrogen-bond donors (Lipinski definition) is 1. The Morgan fingerprint density at radius 3 is 2.32 bits per heavy atom. The van der Waals surface area contributed by atoms with Crippen LogP contribution in [0.1, 0.15) is 69.3 Å². The van der Waals surface area contributed by atoms with Crippen molar-refractivity contribution in [3.05, 3.63) is 53.6 Å². The van der Waals surface area contributed by atoms with Crippen LogP contribution in [-0.4, -0.2) is 48.6 Å². The lowest BCUT2D eigenvalue weighted by Gasteiger charge is -2.36. The van der Waals surface area contributed by atoms with Crippen molar-refractivity contribution < 1.29 is 19.1 Å². The van der Waals surface area contributed by atoms with Crippen molar-refractivity contribution in [2.24, 2.45) is 0 Å². The maximum absolute atomic E-state index is 12.4. The topological polar surface area (TPSA) is 67.9 Å². The standard InChI is InChI=1S/C28H38N2O4/c1-19(31)20-8-7-9-21(16-20)22-10-15-26(33-6)23(17-22)18-29-24-11-13-25(14-12-24)30(5)27(32)34-28(2,3)4/h7-10,15-17,24-25,29H,11-14,18H2,1-6H3. The molecule has 6 heteroatoms. The molecule has 3 rings (SSSR count). The molecule has 0 heterocycles. The molecule has 2 aromatic carbocycles. The second-order valence-corrected chi connectivity index (χ2v) is 10.1. The van der Waals surface area contributed by atoms with Crippen LogP contribution in [-0.2, 0) is 11.3 Å². The average molecular weight is 467 g/mol. The van der Waals surface area contributed by atoms with Crippen molar-refractivity contribution in [2.45, 2.75) is 77.6 Å². The quantitative estimate of drug-likeness (QED) is 0.520. The first-order valence-corrected chi connectivity index (χ1v) is 12.0. The van der Waals surface area contributed by atoms with Gasteiger partial charge in [-0.05, 0) is 82.7 Å². The molecule has 0 spiro atoms. The van der Waals surface area contributed by atoms with Gasteiger partial charge >= 0.3 is 6.09 Å². The van der Waals surface area contributed by atoms with E-state index in [1.54, 1.807) is 18.9 Å². The second kappa shape index (κ2) is 11.0. The van der Waals surface area contributed by atoms with Crippen LogP contribution in [0.15, 0.2) is 42.5 Å². The number of rotatable bonds is 7. The van der Waals surface area contributed by atoms with Gasteiger partial charge in [-0.2, -0.15) is 0 Å². The van der Waals surface area contributed by atoms with E-state index in [-0.39, 0.29) is 17.9 Å². The van der Waals surface area contributed by atoms with Crippen molar-refractivity contribution >= 4 is 11.9 Å². The molecule has 0 aromatic heterocycles. The van der Waals surface area contributed by atoms with E-state index < -0.39 is 5.60 Å². The molecule has 34 heavy (non-hydrogen) atoms. The number of methoxy groups -OCH3 is 1. The lowest BCUT2D eigenvalue weighted by Crippen LogP contribution is -2.44. The first-order valence-electron chi connectivity index (χ1n) is 12.0. The van der Waals surface area contributed by atoms with Gasteiger partial charge in [0, 0.05) is 36.8 Å². The maximum Gasteiger partial charge on any atom is 0.410 e. The van der Waals surface area contributed by atoms with E-state index in [0.29, 0.717) is 18.2 Å². The Bertz CT molecular complexity index is 1000. The van der Waals surface area contributed by atoms with E-state index in [1.807, 2.05) is 64.2 Å². The number of benzene rings is 2. The number of nitrogens with zero attached hydrogens (tertiary/aromatic N) is 1. The van der Waals surface area contributed by atoms with Gasteiger partial charge in [-0.1, -0.05) is 24.3 Å². The molecule has 1 aliphatic carbocycles. The largest absolute Gasteiger partial charge is 0.496 e. The summed E-state index contributed by atoms with van der Waals surface area (Å²) in [7, 11) is 3.52. The number of ketones is 1. The Labute approximate surface area is 203 Å². The summed E-state index contributed by atoms with van der Waals surface area (Å²) >= 11 is 0. The SMILES string of the molecule is COc1ccc(-c2cccc(C(C)=O)c2)cc1CNC1CCC(N(C)C(=O)OC(C)(C)C)CC1. The molecular weight excluding hydrogens is 428 g/mol. The van der Waals surface area contributed by atoms with E-state index in [0.717, 1.165) is 48.1 Å². The highest BCUT2D eigenvalue weighted by atomic mass is 16.6. The highest BCUT2D eigenvalue weighted by Crippen LogP contribution is 2.29. The van der Waals surface area contributed by atoms with Gasteiger partial charge in [0.05, 0.1) is 7.11 Å². The molecule has 2 aromatic rings. The first kappa shape index (κ1) is 25.8. The summed E-state index contributed by atoms with van der Waals surface area (Å²) in [4.78, 5) is 25.9. The van der Waals surface area contributed by atoms with Gasteiger partial charge in [0.25, 0.3) is 0 Å². The highest BCUT2D eigenvalue weighted by Gasteiger charge is 2.29. The molecule has 184 valence electrons. The number of carbonyl (C=O) groups excluding carboxylic acids is 2. The molecular formula is C28H38N2O4. The summed E-state index contributed by atoms with van der Waals surface area (Å²) in [6, 6.07) is 14.5. The average Bonchev–Trinajstić information content (AvgIpc) is 2.81. The van der Waals surface area contributed by atoms with Gasteiger partial charge in [0.15, 0.2) is 5.78 Å². The number of Topliss-reactive ketones (excluding diaryl/α,β-unsaturated/α-hetero) is 1. The first-order chi connectivity index (χ1) is 16.1. The molecule has 0 atom stereocenters. The minimum absolute atomic E-state index is 0.0603. The van der Waals surface area contributed by atoms with Crippen LogP contribution in [0.3, 0.4) is 0 Å². The minimum Gasteiger partial charge on any atom is -0.496 e. The lowest BCUT2D eigenvalue weighted by atomic mass is 9.90. The van der Waals surface area contributed by atoms with E-state index in [1.165, 1.54) is 0 Å². The third-order valence-corrected chi connectivity index (χ3v) is 6.39. The fourth-order valence-electron chi connectivity index (χ4n) is 4.42. The molecule has 0 saturated heterocycles. The second-order valence-electron chi connectivity index (χ2n) is 10.1. The molecule has 1 saturated carbocycles. The number of amides is 1. The van der Waals surface area contributed by atoms with Crippen LogP contribution in [0.5, 0.6) is 5.75 Å². The van der Waals surface area contributed by atoms with Gasteiger partial charge < -0.3 is 19.7 Å². The number of carbonyl (C=O) groups is 2. The predicted molar refractivity (Wildman–Crippen MR) is 135 cm³/mol. The number of hydrogen-bond acceptors (Lipinski definition) is 5. The molecule has 0 unspecified atom stereocenters. The zero-order chi connectivity index (χ0) is 24.9. The Hall–Kier alpha value is -2.86. The molecule has 0 radical (unpaired) electrons. The van der Waals surface area contributed by atoms with Gasteiger partial charge in [-0.15, -0.1) is 0 Å². The third-order valence-electron chi connectivity index (χ3n) is 6.39. The summed E-state index contributed by atoms with van der Waals surface area (Å²) in [5, 5.41) is 3.68. The zero-order valence-corrected chi connectivity index (χ0v) is 21.3. The minimum atomic E-state index is -0.481. The van der Waals surface area contributed by atoms with E-state index in [9.17, 15) is 9.59 Å². The van der Waals surface area contributed by atoms with Crippen molar-refractivity contribution in [1.29, 1.82) is 0 Å². The zero-order valence-electron chi connectivity index (χ0n) is 21.3. The van der Waals surface area contributed by atoms with E-state index >= 15 is 0 Å². The van der Waals surface area contributed by atoms with Gasteiger partial charge in [-0.3, -0.25) is 4.79 Å². The predicted octanol–water partition coefficient (Wildman–Crippen LogP) is 5.83. The highest BCUT2D eigenvalue weighted by molar-refractivity contribution is 5.95. The fourth-order valence-corrected chi connectivity index (χ4v) is 4.42. The van der Waals surface area contributed by atoms with Crippen molar-refractivity contribution in [2.75, 3.05) is 14.2 Å². The van der Waals surface area contributed by atoms with Gasteiger partial charge in [-0.25, -0.2) is 4.79 Å². The lowest BCUT2D eigenvalue weighted by molar-refractivity contribution is 0.0179. The van der Waals surface area contributed by atoms with Gasteiger partial charge in [0.1, 0.15) is 11.4 Å². The smallest absolute Gasteiger partial charge is 0.410 e. The maximum atomic E-state index is 12.4. The number of ether oxygens (including phenoxy) is 2. The molecule has 1 fully saturated rings. The van der Waals surface area contributed by atoms with Crippen LogP contribution < -0.4 is 10.1 Å². The molecule has 1 aliphatic rings. The monoisotopic (exact) mass is 466 g/mol. The van der Waals surface area contributed by atoms with Crippen LogP contribution in [0, 0.1) is 0 Å². The molecule has 1 N–H and O–H groups in total. The van der Waals surface area contributed by atoms with Crippen molar-refractivity contribution in [3.8, 4) is 16.9 Å². The van der Waals surface area contributed by atoms with Crippen molar-refractivity contribution in [1.82, 2.24) is 10.2 Å². The molecule has 1 amide bonds. The summed E-state index contributed by atoms with van der Waals surface area (Å²) in [6.45, 7) is 7.96. The summed E-state index contributed by atoms with van der Waals surface area (Å²) < 4.78 is 11.1. The molecule has 0 aliphatic heterocycles. The van der Waals surface area contributed by atoms with E-state index in [4.69, 9.17) is 9.47 Å². The van der Waals surface area contributed by atoms with E-state index in [2.05, 4.69) is 11.4 Å². The summed E-state index contributed by atoms with van der Waals surface area (Å²) in [5.74, 6) is 0.905. The molecule has 6 nitrogen and oxygen atoms in total. The Morgan fingerprint density at radius 2 is 1.71 bits per heavy atom. The molecule has 0 bridgehead atoms. The van der Waals surface area contributed by atoms with Crippen LogP contribution >= 0.6 is 0 Å². The summed E-state index contributed by atoms with van der Waals surface area (Å²) in [6.07, 6.45) is 3.64. The summed E-state index contributed by atoms with van der Waals surface area (Å²) in [5.41, 5.74) is 3.39. The Balaban J connectivity index is 1.60. The van der Waals surface area contributed by atoms with Gasteiger partial charge in [0.2, 0.25) is 0 Å². The van der Waals surface area contributed by atoms with Crippen LogP contribution in [0.2, 0.25) is 0 Å². The van der Waals surface area contributed by atoms with Crippen molar-refractivity contribution in [3.63, 3.8) is 0 Å². The van der Waals surface area contributed by atoms with Crippen LogP contribution in [0.4, 0.5) is 4.79 Å². The van der Waals surface area contributed by atoms with Crippen LogP contribution in [0.25, 0.3) is 11.1 Å². The fraction of sp³-hybridized carbons (Fsp3) is 0.500. The number of nitrogens with one attached hydrogen (secondary N) is 1.